The average molecular weight is 388 g/mol. The van der Waals surface area contributed by atoms with Crippen molar-refractivity contribution in [3.05, 3.63) is 38.6 Å². The van der Waals surface area contributed by atoms with Gasteiger partial charge in [0.15, 0.2) is 0 Å². The summed E-state index contributed by atoms with van der Waals surface area (Å²) in [7, 11) is 3.08. The lowest BCUT2D eigenvalue weighted by Gasteiger charge is -2.14. The summed E-state index contributed by atoms with van der Waals surface area (Å²) in [6, 6.07) is 5.39. The van der Waals surface area contributed by atoms with E-state index in [1.807, 2.05) is 13.0 Å². The highest BCUT2D eigenvalue weighted by Gasteiger charge is 2.24. The van der Waals surface area contributed by atoms with E-state index >= 15 is 0 Å². The lowest BCUT2D eigenvalue weighted by atomic mass is 10.0. The number of anilines is 1. The minimum Gasteiger partial charge on any atom is -0.495 e. The van der Waals surface area contributed by atoms with Crippen LogP contribution in [0.15, 0.2) is 27.5 Å². The number of rotatable bonds is 2. The van der Waals surface area contributed by atoms with Crippen molar-refractivity contribution in [2.45, 2.75) is 6.92 Å². The molecule has 122 valence electrons. The number of methoxy groups -OCH3 is 2. The molecule has 0 unspecified atom stereocenters. The van der Waals surface area contributed by atoms with E-state index in [9.17, 15) is 4.79 Å². The number of benzene rings is 2. The third kappa shape index (κ3) is 1.70. The Balaban J connectivity index is 2.48. The van der Waals surface area contributed by atoms with Gasteiger partial charge in [0.05, 0.1) is 40.7 Å². The molecule has 6 nitrogen and oxygen atoms in total. The van der Waals surface area contributed by atoms with Crippen LogP contribution in [-0.2, 0) is 0 Å². The Morgan fingerprint density at radius 1 is 1.17 bits per heavy atom. The molecule has 0 bridgehead atoms. The molecule has 4 rings (SSSR count). The minimum atomic E-state index is -0.197. The molecule has 0 spiro atoms. The number of hydrogen-bond donors (Lipinski definition) is 1. The second-order valence-electron chi connectivity index (χ2n) is 5.57. The highest BCUT2D eigenvalue weighted by Crippen LogP contribution is 2.40. The number of nitrogens with zero attached hydrogens (tertiary/aromatic N) is 2. The van der Waals surface area contributed by atoms with Crippen molar-refractivity contribution in [1.82, 2.24) is 9.61 Å². The number of aromatic nitrogens is 2. The maximum atomic E-state index is 13.2. The Labute approximate surface area is 145 Å². The zero-order valence-corrected chi connectivity index (χ0v) is 14.9. The Morgan fingerprint density at radius 3 is 2.58 bits per heavy atom. The number of halogens is 1. The predicted octanol–water partition coefficient (Wildman–Crippen LogP) is 3.11. The number of pyridine rings is 1. The second-order valence-corrected chi connectivity index (χ2v) is 6.42. The first kappa shape index (κ1) is 15.0. The highest BCUT2D eigenvalue weighted by atomic mass is 79.9. The third-order valence-electron chi connectivity index (χ3n) is 4.32. The molecular formula is C17H14BrN3O3. The molecule has 0 atom stereocenters. The lowest BCUT2D eigenvalue weighted by Crippen LogP contribution is -2.11. The highest BCUT2D eigenvalue weighted by molar-refractivity contribution is 9.10. The molecule has 0 fully saturated rings. The van der Waals surface area contributed by atoms with Gasteiger partial charge in [-0.15, -0.1) is 0 Å². The van der Waals surface area contributed by atoms with E-state index in [1.165, 1.54) is 7.11 Å². The average Bonchev–Trinajstić information content (AvgIpc) is 2.89. The van der Waals surface area contributed by atoms with Gasteiger partial charge >= 0.3 is 0 Å². The van der Waals surface area contributed by atoms with Crippen LogP contribution in [-0.4, -0.2) is 23.8 Å². The van der Waals surface area contributed by atoms with Crippen molar-refractivity contribution < 1.29 is 9.47 Å². The van der Waals surface area contributed by atoms with Gasteiger partial charge in [-0.2, -0.15) is 5.10 Å². The third-order valence-corrected chi connectivity index (χ3v) is 4.91. The van der Waals surface area contributed by atoms with Gasteiger partial charge in [-0.25, -0.2) is 4.52 Å². The minimum absolute atomic E-state index is 0.197. The van der Waals surface area contributed by atoms with Crippen molar-refractivity contribution in [2.75, 3.05) is 20.0 Å². The van der Waals surface area contributed by atoms with Crippen LogP contribution in [0.2, 0.25) is 0 Å². The second kappa shape index (κ2) is 4.98. The molecule has 2 heterocycles. The van der Waals surface area contributed by atoms with Crippen molar-refractivity contribution in [3.8, 4) is 11.5 Å². The summed E-state index contributed by atoms with van der Waals surface area (Å²) < 4.78 is 13.3. The molecule has 2 N–H and O–H groups in total. The van der Waals surface area contributed by atoms with Crippen LogP contribution in [0.5, 0.6) is 11.5 Å². The van der Waals surface area contributed by atoms with E-state index in [-0.39, 0.29) is 5.43 Å². The summed E-state index contributed by atoms with van der Waals surface area (Å²) in [5.41, 5.74) is 8.42. The zero-order chi connectivity index (χ0) is 17.2. The first-order chi connectivity index (χ1) is 11.5. The van der Waals surface area contributed by atoms with Crippen LogP contribution in [0.1, 0.15) is 5.69 Å². The molecule has 7 heteroatoms. The van der Waals surface area contributed by atoms with E-state index in [4.69, 9.17) is 15.2 Å². The van der Waals surface area contributed by atoms with Gasteiger partial charge in [-0.3, -0.25) is 4.79 Å². The van der Waals surface area contributed by atoms with Gasteiger partial charge in [0.2, 0.25) is 5.43 Å². The molecule has 4 aromatic rings. The molecule has 0 saturated heterocycles. The molecule has 0 aliphatic carbocycles. The lowest BCUT2D eigenvalue weighted by molar-refractivity contribution is 0.407. The van der Waals surface area contributed by atoms with E-state index in [0.717, 1.165) is 11.1 Å². The smallest absolute Gasteiger partial charge is 0.203 e. The fourth-order valence-electron chi connectivity index (χ4n) is 3.27. The summed E-state index contributed by atoms with van der Waals surface area (Å²) in [6.07, 6.45) is 0. The van der Waals surface area contributed by atoms with Crippen molar-refractivity contribution in [3.63, 3.8) is 0 Å². The number of fused-ring (bicyclic) bond motifs is 2. The molecule has 2 aromatic heterocycles. The Morgan fingerprint density at radius 2 is 1.92 bits per heavy atom. The SMILES string of the molecule is COc1c(Br)cc(OC)c2c1c(=O)c1c(N)ccc3c(C)nn2c31. The summed E-state index contributed by atoms with van der Waals surface area (Å²) in [4.78, 5) is 13.2. The van der Waals surface area contributed by atoms with Crippen molar-refractivity contribution >= 4 is 48.8 Å². The Hall–Kier alpha value is -2.54. The molecule has 2 aromatic carbocycles. The van der Waals surface area contributed by atoms with Crippen molar-refractivity contribution in [1.29, 1.82) is 0 Å². The molecule has 0 radical (unpaired) electrons. The van der Waals surface area contributed by atoms with Gasteiger partial charge < -0.3 is 15.2 Å². The summed E-state index contributed by atoms with van der Waals surface area (Å²) in [5, 5.41) is 6.33. The standard InChI is InChI=1S/C17H14BrN3O3/c1-7-8-4-5-10(19)12-14(8)21(20-7)15-11(23-2)6-9(18)17(24-3)13(15)16(12)22/h4-6H,19H2,1-3H3. The number of nitrogen functional groups attached to an aromatic ring is 1. The topological polar surface area (TPSA) is 78.8 Å². The molecule has 0 amide bonds. The van der Waals surface area contributed by atoms with Gasteiger partial charge in [0.25, 0.3) is 0 Å². The quantitative estimate of drug-likeness (QED) is 0.422. The van der Waals surface area contributed by atoms with Crippen molar-refractivity contribution in [2.24, 2.45) is 0 Å². The Kier molecular flexibility index (Phi) is 3.11. The van der Waals surface area contributed by atoms with E-state index in [2.05, 4.69) is 21.0 Å². The van der Waals surface area contributed by atoms with Gasteiger partial charge in [-0.1, -0.05) is 0 Å². The first-order valence-electron chi connectivity index (χ1n) is 7.27. The van der Waals surface area contributed by atoms with Crippen LogP contribution in [0.3, 0.4) is 0 Å². The molecular weight excluding hydrogens is 374 g/mol. The van der Waals surface area contributed by atoms with E-state index in [1.54, 1.807) is 23.8 Å². The normalized spacial score (nSPS) is 11.7. The fourth-order valence-corrected chi connectivity index (χ4v) is 3.84. The fraction of sp³-hybridized carbons (Fsp3) is 0.176. The molecule has 0 aliphatic rings. The molecule has 24 heavy (non-hydrogen) atoms. The van der Waals surface area contributed by atoms with Crippen LogP contribution in [0.25, 0.3) is 27.2 Å². The maximum absolute atomic E-state index is 13.2. The summed E-state index contributed by atoms with van der Waals surface area (Å²) in [5.74, 6) is 0.967. The van der Waals surface area contributed by atoms with Crippen LogP contribution < -0.4 is 20.6 Å². The number of hydrogen-bond acceptors (Lipinski definition) is 5. The number of aryl methyl sites for hydroxylation is 1. The first-order valence-corrected chi connectivity index (χ1v) is 8.06. The van der Waals surface area contributed by atoms with E-state index < -0.39 is 0 Å². The van der Waals surface area contributed by atoms with Crippen LogP contribution >= 0.6 is 15.9 Å². The summed E-state index contributed by atoms with van der Waals surface area (Å²) in [6.45, 7) is 1.90. The van der Waals surface area contributed by atoms with E-state index in [0.29, 0.717) is 43.5 Å². The zero-order valence-electron chi connectivity index (χ0n) is 13.3. The maximum Gasteiger partial charge on any atom is 0.203 e. The van der Waals surface area contributed by atoms with Gasteiger partial charge in [0, 0.05) is 17.1 Å². The van der Waals surface area contributed by atoms with Gasteiger partial charge in [0.1, 0.15) is 17.0 Å². The van der Waals surface area contributed by atoms with Gasteiger partial charge in [-0.05, 0) is 35.0 Å². The monoisotopic (exact) mass is 387 g/mol. The summed E-state index contributed by atoms with van der Waals surface area (Å²) >= 11 is 3.44. The molecule has 0 aliphatic heterocycles. The predicted molar refractivity (Wildman–Crippen MR) is 97.6 cm³/mol. The Bertz CT molecular complexity index is 1180. The number of nitrogens with two attached hydrogens (primary N) is 1. The largest absolute Gasteiger partial charge is 0.495 e. The number of ether oxygens (including phenoxy) is 2. The molecule has 0 saturated carbocycles. The van der Waals surface area contributed by atoms with Crippen LogP contribution in [0.4, 0.5) is 5.69 Å². The van der Waals surface area contributed by atoms with Crippen LogP contribution in [0, 0.1) is 6.92 Å².